The van der Waals surface area contributed by atoms with Gasteiger partial charge in [0.15, 0.2) is 0 Å². The molecule has 0 aliphatic rings. The zero-order chi connectivity index (χ0) is 33.4. The van der Waals surface area contributed by atoms with E-state index in [1.165, 1.54) is 13.8 Å². The molecule has 14 nitrogen and oxygen atoms in total. The average Bonchev–Trinajstić information content (AvgIpc) is 2.96. The van der Waals surface area contributed by atoms with Gasteiger partial charge < -0.3 is 10.2 Å². The standard InChI is InChI=1S/C29H20N4O10S2/c1-16-22(26(34)32(28(36)24(16)15-30)18-7-11-20(12-8-18)44(38,39)40)5-4-6-23-17(2)25(31-3)29(37)33(27(23)35)19-9-13-21(14-10-19)45(41,42)43/h5-14,34,37H,1-2H3,(H,38,39,40)(H,41,42,43). The number of nitriles is 1. The molecule has 0 bridgehead atoms. The highest BCUT2D eigenvalue weighted by molar-refractivity contribution is 7.86. The Hall–Kier alpha value is -5.74. The fraction of sp³-hybridized carbons (Fsp3) is 0.0690. The molecule has 16 heteroatoms. The van der Waals surface area contributed by atoms with Gasteiger partial charge in [0.2, 0.25) is 17.4 Å². The van der Waals surface area contributed by atoms with Crippen molar-refractivity contribution in [1.29, 1.82) is 5.26 Å². The minimum absolute atomic E-state index is 0.0346. The topological polar surface area (TPSA) is 221 Å². The number of pyridine rings is 2. The average molecular weight is 649 g/mol. The first-order valence-electron chi connectivity index (χ1n) is 12.4. The molecule has 0 unspecified atom stereocenters. The molecule has 2 aromatic carbocycles. The molecule has 228 valence electrons. The molecule has 0 saturated carbocycles. The van der Waals surface area contributed by atoms with Crippen LogP contribution in [-0.4, -0.2) is 45.3 Å². The van der Waals surface area contributed by atoms with Crippen LogP contribution in [0.3, 0.4) is 0 Å². The maximum atomic E-state index is 13.5. The fourth-order valence-electron chi connectivity index (χ4n) is 4.40. The maximum Gasteiger partial charge on any atom is 0.294 e. The van der Waals surface area contributed by atoms with Crippen LogP contribution < -0.4 is 11.1 Å². The van der Waals surface area contributed by atoms with Crippen molar-refractivity contribution < 1.29 is 36.2 Å². The Kier molecular flexibility index (Phi) is 8.40. The summed E-state index contributed by atoms with van der Waals surface area (Å²) in [6, 6.07) is 10.2. The van der Waals surface area contributed by atoms with Crippen molar-refractivity contribution in [2.45, 2.75) is 23.6 Å². The first kappa shape index (κ1) is 32.2. The Balaban J connectivity index is 1.93. The van der Waals surface area contributed by atoms with Crippen molar-refractivity contribution in [3.8, 4) is 29.2 Å². The summed E-state index contributed by atoms with van der Waals surface area (Å²) >= 11 is 0. The number of nitrogens with zero attached hydrogens (tertiary/aromatic N) is 4. The number of benzene rings is 2. The van der Waals surface area contributed by atoms with Crippen LogP contribution in [0.1, 0.15) is 27.8 Å². The molecule has 4 rings (SSSR count). The van der Waals surface area contributed by atoms with E-state index in [2.05, 4.69) is 10.6 Å². The van der Waals surface area contributed by atoms with E-state index in [0.717, 1.165) is 69.8 Å². The van der Waals surface area contributed by atoms with Crippen molar-refractivity contribution in [3.05, 3.63) is 114 Å². The van der Waals surface area contributed by atoms with Gasteiger partial charge in [0.1, 0.15) is 11.6 Å². The zero-order valence-corrected chi connectivity index (χ0v) is 24.8. The molecule has 4 N–H and O–H groups in total. The van der Waals surface area contributed by atoms with Crippen LogP contribution >= 0.6 is 0 Å². The Bertz CT molecular complexity index is 2390. The molecule has 4 aromatic rings. The third-order valence-corrected chi connectivity index (χ3v) is 8.47. The normalized spacial score (nSPS) is 11.2. The van der Waals surface area contributed by atoms with Crippen LogP contribution in [0.2, 0.25) is 0 Å². The van der Waals surface area contributed by atoms with Gasteiger partial charge in [-0.3, -0.25) is 23.3 Å². The summed E-state index contributed by atoms with van der Waals surface area (Å²) in [5, 5.41) is 31.4. The highest BCUT2D eigenvalue weighted by Gasteiger charge is 2.21. The van der Waals surface area contributed by atoms with Crippen molar-refractivity contribution in [2.24, 2.45) is 0 Å². The number of hydrogen-bond donors (Lipinski definition) is 4. The number of aromatic nitrogens is 2. The van der Waals surface area contributed by atoms with Gasteiger partial charge in [-0.15, -0.1) is 5.73 Å². The lowest BCUT2D eigenvalue weighted by Gasteiger charge is -2.14. The number of hydrogen-bond acceptors (Lipinski definition) is 9. The molecule has 0 saturated heterocycles. The van der Waals surface area contributed by atoms with Gasteiger partial charge in [-0.1, -0.05) is 0 Å². The Morgan fingerprint density at radius 1 is 0.756 bits per heavy atom. The largest absolute Gasteiger partial charge is 0.502 e. The summed E-state index contributed by atoms with van der Waals surface area (Å²) in [6.45, 7) is 10.3. The summed E-state index contributed by atoms with van der Waals surface area (Å²) in [7, 11) is -9.10. The highest BCUT2D eigenvalue weighted by atomic mass is 32.2. The SMILES string of the molecule is [C-]#[N+]c1c(C)c(C=C=Cc2c(C)c(C#N)c(=O)n(-c3ccc(S(=O)(=O)O)cc3)c2O)c(=O)n(-c2ccc(S(=O)(=O)O)cc2)c1O. The van der Waals surface area contributed by atoms with Gasteiger partial charge in [-0.05, 0) is 85.7 Å². The first-order valence-corrected chi connectivity index (χ1v) is 15.2. The van der Waals surface area contributed by atoms with E-state index >= 15 is 0 Å². The second-order valence-corrected chi connectivity index (χ2v) is 12.2. The van der Waals surface area contributed by atoms with Crippen LogP contribution in [0.25, 0.3) is 28.4 Å². The molecular weight excluding hydrogens is 628 g/mol. The quantitative estimate of drug-likeness (QED) is 0.135. The predicted molar refractivity (Wildman–Crippen MR) is 160 cm³/mol. The van der Waals surface area contributed by atoms with Crippen LogP contribution in [0, 0.1) is 31.8 Å². The Morgan fingerprint density at radius 2 is 1.20 bits per heavy atom. The molecule has 0 fully saturated rings. The summed E-state index contributed by atoms with van der Waals surface area (Å²) in [5.41, 5.74) is 0.0411. The highest BCUT2D eigenvalue weighted by Crippen LogP contribution is 2.33. The van der Waals surface area contributed by atoms with Gasteiger partial charge in [0, 0.05) is 11.1 Å². The molecule has 0 aliphatic heterocycles. The molecule has 2 heterocycles. The molecule has 0 radical (unpaired) electrons. The molecule has 2 aromatic heterocycles. The van der Waals surface area contributed by atoms with E-state index in [0.29, 0.717) is 0 Å². The minimum atomic E-state index is -4.55. The van der Waals surface area contributed by atoms with Crippen molar-refractivity contribution in [2.75, 3.05) is 0 Å². The van der Waals surface area contributed by atoms with E-state index < -0.39 is 52.9 Å². The Labute approximate surface area is 255 Å². The third kappa shape index (κ3) is 5.91. The second-order valence-electron chi connectivity index (χ2n) is 9.35. The van der Waals surface area contributed by atoms with Crippen molar-refractivity contribution in [1.82, 2.24) is 9.13 Å². The maximum absolute atomic E-state index is 13.5. The first-order chi connectivity index (χ1) is 21.0. The van der Waals surface area contributed by atoms with Gasteiger partial charge in [0.25, 0.3) is 31.4 Å². The van der Waals surface area contributed by atoms with Crippen LogP contribution in [0.5, 0.6) is 11.8 Å². The lowest BCUT2D eigenvalue weighted by molar-refractivity contribution is 0.433. The second kappa shape index (κ2) is 11.7. The summed E-state index contributed by atoms with van der Waals surface area (Å²) in [4.78, 5) is 28.8. The van der Waals surface area contributed by atoms with E-state index in [9.17, 15) is 51.0 Å². The van der Waals surface area contributed by atoms with Gasteiger partial charge in [-0.25, -0.2) is 9.41 Å². The summed E-state index contributed by atoms with van der Waals surface area (Å²) in [5.74, 6) is -1.40. The van der Waals surface area contributed by atoms with Gasteiger partial charge in [-0.2, -0.15) is 22.1 Å². The summed E-state index contributed by atoms with van der Waals surface area (Å²) in [6.07, 6.45) is 2.29. The zero-order valence-electron chi connectivity index (χ0n) is 23.1. The minimum Gasteiger partial charge on any atom is -0.502 e. The van der Waals surface area contributed by atoms with Crippen LogP contribution in [0.15, 0.2) is 73.6 Å². The van der Waals surface area contributed by atoms with Gasteiger partial charge >= 0.3 is 0 Å². The predicted octanol–water partition coefficient (Wildman–Crippen LogP) is 3.26. The van der Waals surface area contributed by atoms with E-state index in [1.54, 1.807) is 6.07 Å². The Morgan fingerprint density at radius 3 is 1.62 bits per heavy atom. The van der Waals surface area contributed by atoms with Crippen molar-refractivity contribution >= 4 is 38.1 Å². The van der Waals surface area contributed by atoms with Crippen LogP contribution in [-0.2, 0) is 20.2 Å². The smallest absolute Gasteiger partial charge is 0.294 e. The van der Waals surface area contributed by atoms with E-state index in [1.807, 2.05) is 0 Å². The van der Waals surface area contributed by atoms with E-state index in [4.69, 9.17) is 6.57 Å². The molecule has 0 atom stereocenters. The molecule has 0 aliphatic carbocycles. The van der Waals surface area contributed by atoms with Crippen molar-refractivity contribution in [3.63, 3.8) is 0 Å². The number of rotatable bonds is 6. The van der Waals surface area contributed by atoms with Gasteiger partial charge in [0.05, 0.1) is 27.7 Å². The molecular formula is C29H20N4O10S2. The van der Waals surface area contributed by atoms with E-state index in [-0.39, 0.29) is 44.9 Å². The molecule has 45 heavy (non-hydrogen) atoms. The lowest BCUT2D eigenvalue weighted by atomic mass is 10.0. The monoisotopic (exact) mass is 648 g/mol. The molecule has 0 spiro atoms. The fourth-order valence-corrected chi connectivity index (χ4v) is 5.36. The summed E-state index contributed by atoms with van der Waals surface area (Å²) < 4.78 is 65.6. The number of aromatic hydroxyl groups is 2. The lowest BCUT2D eigenvalue weighted by Crippen LogP contribution is -2.23. The third-order valence-electron chi connectivity index (χ3n) is 6.73. The molecule has 0 amide bonds. The van der Waals surface area contributed by atoms with Crippen LogP contribution in [0.4, 0.5) is 5.69 Å².